The van der Waals surface area contributed by atoms with Crippen LogP contribution < -0.4 is 20.1 Å². The van der Waals surface area contributed by atoms with E-state index in [1.165, 1.54) is 6.07 Å². The highest BCUT2D eigenvalue weighted by atomic mass is 19.3. The molecule has 8 heteroatoms. The first-order chi connectivity index (χ1) is 13.9. The second kappa shape index (κ2) is 11.2. The summed E-state index contributed by atoms with van der Waals surface area (Å²) in [6.45, 7) is 1.87. The third-order valence-corrected chi connectivity index (χ3v) is 4.15. The van der Waals surface area contributed by atoms with Crippen LogP contribution in [0.1, 0.15) is 29.7 Å². The molecule has 0 aliphatic carbocycles. The molecule has 0 fully saturated rings. The van der Waals surface area contributed by atoms with Crippen molar-refractivity contribution in [3.8, 4) is 11.5 Å². The molecule has 0 bridgehead atoms. The summed E-state index contributed by atoms with van der Waals surface area (Å²) in [5.74, 6) is 1.27. The van der Waals surface area contributed by atoms with E-state index in [-0.39, 0.29) is 18.8 Å². The molecular weight excluding hydrogens is 380 g/mol. The third-order valence-electron chi connectivity index (χ3n) is 4.15. The second-order valence-electron chi connectivity index (χ2n) is 6.35. The van der Waals surface area contributed by atoms with Crippen molar-refractivity contribution in [1.29, 1.82) is 0 Å². The number of alkyl halides is 2. The summed E-state index contributed by atoms with van der Waals surface area (Å²) in [5.41, 5.74) is 2.21. The fraction of sp³-hybridized carbons (Fsp3) is 0.381. The van der Waals surface area contributed by atoms with Gasteiger partial charge in [0.1, 0.15) is 11.5 Å². The van der Waals surface area contributed by atoms with Gasteiger partial charge in [-0.3, -0.25) is 0 Å². The number of nitrogens with zero attached hydrogens (tertiary/aromatic N) is 1. The number of aliphatic imine (C=N–C) groups is 1. The quantitative estimate of drug-likeness (QED) is 0.439. The average Bonchev–Trinajstić information content (AvgIpc) is 2.71. The smallest absolute Gasteiger partial charge is 0.387 e. The summed E-state index contributed by atoms with van der Waals surface area (Å²) >= 11 is 0. The first-order valence-corrected chi connectivity index (χ1v) is 9.31. The predicted molar refractivity (Wildman–Crippen MR) is 109 cm³/mol. The predicted octanol–water partition coefficient (Wildman–Crippen LogP) is 3.39. The minimum Gasteiger partial charge on any atom is -0.497 e. The molecule has 3 N–H and O–H groups in total. The molecule has 0 aromatic heterocycles. The van der Waals surface area contributed by atoms with Crippen LogP contribution >= 0.6 is 0 Å². The number of aryl methyl sites for hydroxylation is 1. The van der Waals surface area contributed by atoms with Crippen LogP contribution in [0.5, 0.6) is 11.5 Å². The molecule has 0 radical (unpaired) electrons. The maximum Gasteiger partial charge on any atom is 0.387 e. The number of guanidine groups is 1. The van der Waals surface area contributed by atoms with Crippen molar-refractivity contribution < 1.29 is 23.4 Å². The highest BCUT2D eigenvalue weighted by Gasteiger charge is 2.11. The number of halogens is 2. The Morgan fingerprint density at radius 3 is 2.48 bits per heavy atom. The maximum atomic E-state index is 12.6. The first-order valence-electron chi connectivity index (χ1n) is 9.31. The molecule has 6 nitrogen and oxygen atoms in total. The van der Waals surface area contributed by atoms with Gasteiger partial charge in [0.05, 0.1) is 19.8 Å². The van der Waals surface area contributed by atoms with Crippen molar-refractivity contribution in [2.45, 2.75) is 33.1 Å². The number of hydrogen-bond donors (Lipinski definition) is 3. The van der Waals surface area contributed by atoms with Crippen LogP contribution in [0.25, 0.3) is 0 Å². The lowest BCUT2D eigenvalue weighted by Crippen LogP contribution is -2.39. The van der Waals surface area contributed by atoms with Crippen molar-refractivity contribution >= 4 is 5.96 Å². The van der Waals surface area contributed by atoms with E-state index in [4.69, 9.17) is 4.74 Å². The number of aliphatic hydroxyl groups excluding tert-OH is 1. The number of aliphatic hydroxyl groups is 1. The van der Waals surface area contributed by atoms with E-state index in [1.54, 1.807) is 43.5 Å². The first kappa shape index (κ1) is 22.4. The molecule has 0 heterocycles. The van der Waals surface area contributed by atoms with E-state index in [0.29, 0.717) is 23.8 Å². The van der Waals surface area contributed by atoms with E-state index >= 15 is 0 Å². The molecule has 0 saturated heterocycles. The van der Waals surface area contributed by atoms with Gasteiger partial charge in [-0.05, 0) is 37.6 Å². The molecule has 2 rings (SSSR count). The molecule has 1 atom stereocenters. The zero-order valence-corrected chi connectivity index (χ0v) is 16.8. The zero-order valence-electron chi connectivity index (χ0n) is 16.8. The minimum absolute atomic E-state index is 0.100. The summed E-state index contributed by atoms with van der Waals surface area (Å²) in [6, 6.07) is 12.1. The molecular formula is C21H27F2N3O3. The van der Waals surface area contributed by atoms with E-state index in [1.807, 2.05) is 13.8 Å². The number of nitrogens with one attached hydrogen (secondary N) is 2. The van der Waals surface area contributed by atoms with Crippen molar-refractivity contribution in [3.63, 3.8) is 0 Å². The average molecular weight is 407 g/mol. The molecule has 2 aromatic rings. The van der Waals surface area contributed by atoms with Gasteiger partial charge >= 0.3 is 6.61 Å². The van der Waals surface area contributed by atoms with E-state index in [0.717, 1.165) is 11.1 Å². The lowest BCUT2D eigenvalue weighted by Gasteiger charge is -2.16. The summed E-state index contributed by atoms with van der Waals surface area (Å²) in [5, 5.41) is 16.5. The number of ether oxygens (including phenoxy) is 2. The van der Waals surface area contributed by atoms with Gasteiger partial charge in [-0.1, -0.05) is 29.8 Å². The Morgan fingerprint density at radius 2 is 1.86 bits per heavy atom. The monoisotopic (exact) mass is 407 g/mol. The molecule has 29 heavy (non-hydrogen) atoms. The van der Waals surface area contributed by atoms with E-state index in [9.17, 15) is 13.9 Å². The fourth-order valence-corrected chi connectivity index (χ4v) is 2.69. The highest BCUT2D eigenvalue weighted by molar-refractivity contribution is 5.79. The lowest BCUT2D eigenvalue weighted by molar-refractivity contribution is -0.0504. The number of methoxy groups -OCH3 is 1. The molecule has 2 aromatic carbocycles. The lowest BCUT2D eigenvalue weighted by atomic mass is 10.1. The van der Waals surface area contributed by atoms with Crippen molar-refractivity contribution in [1.82, 2.24) is 10.6 Å². The largest absolute Gasteiger partial charge is 0.497 e. The van der Waals surface area contributed by atoms with E-state index in [2.05, 4.69) is 20.4 Å². The Balaban J connectivity index is 2.05. The van der Waals surface area contributed by atoms with Crippen molar-refractivity contribution in [3.05, 3.63) is 59.2 Å². The van der Waals surface area contributed by atoms with Crippen LogP contribution in [-0.4, -0.2) is 37.9 Å². The van der Waals surface area contributed by atoms with Gasteiger partial charge in [0.2, 0.25) is 0 Å². The molecule has 0 aliphatic heterocycles. The Bertz CT molecular complexity index is 798. The highest BCUT2D eigenvalue weighted by Crippen LogP contribution is 2.23. The second-order valence-corrected chi connectivity index (χ2v) is 6.35. The summed E-state index contributed by atoms with van der Waals surface area (Å²) in [7, 11) is 1.58. The minimum atomic E-state index is -2.90. The van der Waals surface area contributed by atoms with E-state index < -0.39 is 12.7 Å². The van der Waals surface area contributed by atoms with Crippen LogP contribution in [0, 0.1) is 6.92 Å². The van der Waals surface area contributed by atoms with Gasteiger partial charge < -0.3 is 25.2 Å². The Morgan fingerprint density at radius 1 is 1.14 bits per heavy atom. The molecule has 158 valence electrons. The molecule has 0 saturated carbocycles. The molecule has 0 aliphatic rings. The fourth-order valence-electron chi connectivity index (χ4n) is 2.69. The summed E-state index contributed by atoms with van der Waals surface area (Å²) in [6.07, 6.45) is -0.749. The standard InChI is InChI=1S/C21H27F2N3O3/c1-4-24-21(26-13-18(27)15-6-8-17(28-3)9-7-15)25-12-16-11-14(2)5-10-19(16)29-20(22)23/h5-11,18,20,27H,4,12-13H2,1-3H3,(H2,24,25,26). The van der Waals surface area contributed by atoms with Gasteiger partial charge in [-0.2, -0.15) is 8.78 Å². The van der Waals surface area contributed by atoms with Crippen molar-refractivity contribution in [2.75, 3.05) is 20.2 Å². The maximum absolute atomic E-state index is 12.6. The summed E-state index contributed by atoms with van der Waals surface area (Å²) < 4.78 is 34.9. The van der Waals surface area contributed by atoms with Crippen molar-refractivity contribution in [2.24, 2.45) is 4.99 Å². The molecule has 0 amide bonds. The number of hydrogen-bond acceptors (Lipinski definition) is 4. The summed E-state index contributed by atoms with van der Waals surface area (Å²) in [4.78, 5) is 4.42. The van der Waals surface area contributed by atoms with Crippen LogP contribution in [0.2, 0.25) is 0 Å². The Hall–Kier alpha value is -2.87. The van der Waals surface area contributed by atoms with Gasteiger partial charge in [0.15, 0.2) is 5.96 Å². The van der Waals surface area contributed by atoms with Crippen LogP contribution in [-0.2, 0) is 6.54 Å². The topological polar surface area (TPSA) is 75.1 Å². The van der Waals surface area contributed by atoms with Gasteiger partial charge in [0, 0.05) is 18.7 Å². The normalized spacial score (nSPS) is 12.6. The van der Waals surface area contributed by atoms with Gasteiger partial charge in [0.25, 0.3) is 0 Å². The number of rotatable bonds is 9. The van der Waals surface area contributed by atoms with Gasteiger partial charge in [-0.15, -0.1) is 0 Å². The Labute approximate surface area is 169 Å². The third kappa shape index (κ3) is 7.23. The number of benzene rings is 2. The zero-order chi connectivity index (χ0) is 21.2. The molecule has 0 spiro atoms. The molecule has 1 unspecified atom stereocenters. The Kier molecular flexibility index (Phi) is 8.67. The van der Waals surface area contributed by atoms with Crippen LogP contribution in [0.3, 0.4) is 0 Å². The SMILES string of the molecule is CCNC(=NCc1cc(C)ccc1OC(F)F)NCC(O)c1ccc(OC)cc1. The van der Waals surface area contributed by atoms with Gasteiger partial charge in [-0.25, -0.2) is 4.99 Å². The van der Waals surface area contributed by atoms with Crippen LogP contribution in [0.4, 0.5) is 8.78 Å². The van der Waals surface area contributed by atoms with Crippen LogP contribution in [0.15, 0.2) is 47.5 Å².